The molecule has 1 saturated heterocycles. The summed E-state index contributed by atoms with van der Waals surface area (Å²) in [7, 11) is 0. The molecule has 2 aromatic rings. The van der Waals surface area contributed by atoms with Gasteiger partial charge in [0.25, 0.3) is 0 Å². The summed E-state index contributed by atoms with van der Waals surface area (Å²) in [5.41, 5.74) is 1.14. The quantitative estimate of drug-likeness (QED) is 0.870. The van der Waals surface area contributed by atoms with Gasteiger partial charge in [0.2, 0.25) is 5.91 Å². The number of hydrogen-bond donors (Lipinski definition) is 2. The van der Waals surface area contributed by atoms with Crippen LogP contribution >= 0.6 is 12.4 Å². The molecular formula is C17H19ClF2N4O. The molecule has 0 bridgehead atoms. The van der Waals surface area contributed by atoms with Gasteiger partial charge in [0, 0.05) is 32.2 Å². The van der Waals surface area contributed by atoms with E-state index in [1.165, 1.54) is 6.07 Å². The Kier molecular flexibility index (Phi) is 6.66. The van der Waals surface area contributed by atoms with Crippen molar-refractivity contribution in [2.45, 2.75) is 6.42 Å². The van der Waals surface area contributed by atoms with E-state index in [0.29, 0.717) is 5.82 Å². The molecule has 1 amide bonds. The number of amides is 1. The van der Waals surface area contributed by atoms with Gasteiger partial charge in [-0.3, -0.25) is 4.79 Å². The molecule has 2 heterocycles. The van der Waals surface area contributed by atoms with Crippen molar-refractivity contribution in [3.63, 3.8) is 0 Å². The Labute approximate surface area is 150 Å². The smallest absolute Gasteiger partial charge is 0.230 e. The van der Waals surface area contributed by atoms with E-state index in [-0.39, 0.29) is 24.4 Å². The van der Waals surface area contributed by atoms with Crippen LogP contribution in [0.4, 0.5) is 20.3 Å². The minimum atomic E-state index is -0.729. The first-order chi connectivity index (χ1) is 11.6. The molecule has 3 rings (SSSR count). The topological polar surface area (TPSA) is 57.3 Å². The number of halogens is 3. The van der Waals surface area contributed by atoms with E-state index in [0.717, 1.165) is 44.0 Å². The van der Waals surface area contributed by atoms with Gasteiger partial charge in [-0.05, 0) is 23.8 Å². The Balaban J connectivity index is 0.00000225. The average molecular weight is 369 g/mol. The number of anilines is 2. The maximum Gasteiger partial charge on any atom is 0.230 e. The lowest BCUT2D eigenvalue weighted by Crippen LogP contribution is -2.43. The van der Waals surface area contributed by atoms with E-state index < -0.39 is 17.5 Å². The fourth-order valence-corrected chi connectivity index (χ4v) is 2.60. The molecule has 134 valence electrons. The molecule has 1 aromatic carbocycles. The third-order valence-corrected chi connectivity index (χ3v) is 3.86. The molecule has 0 spiro atoms. The number of benzene rings is 1. The van der Waals surface area contributed by atoms with Gasteiger partial charge < -0.3 is 15.5 Å². The van der Waals surface area contributed by atoms with Crippen LogP contribution in [-0.4, -0.2) is 37.1 Å². The van der Waals surface area contributed by atoms with Gasteiger partial charge in [-0.1, -0.05) is 6.07 Å². The zero-order chi connectivity index (χ0) is 16.9. The normalized spacial score (nSPS) is 13.9. The Morgan fingerprint density at radius 3 is 2.60 bits per heavy atom. The zero-order valence-corrected chi connectivity index (χ0v) is 14.3. The van der Waals surface area contributed by atoms with E-state index in [1.54, 1.807) is 12.3 Å². The lowest BCUT2D eigenvalue weighted by atomic mass is 10.1. The van der Waals surface area contributed by atoms with Crippen LogP contribution in [0.2, 0.25) is 0 Å². The number of nitrogens with zero attached hydrogens (tertiary/aromatic N) is 2. The third-order valence-electron chi connectivity index (χ3n) is 3.86. The fourth-order valence-electron chi connectivity index (χ4n) is 2.60. The molecule has 1 aliphatic rings. The number of rotatable bonds is 4. The molecule has 1 aliphatic heterocycles. The molecule has 5 nitrogen and oxygen atoms in total. The van der Waals surface area contributed by atoms with Gasteiger partial charge in [0.1, 0.15) is 17.5 Å². The minimum Gasteiger partial charge on any atom is -0.368 e. The number of carbonyl (C=O) groups excluding carboxylic acids is 1. The van der Waals surface area contributed by atoms with E-state index in [2.05, 4.69) is 20.5 Å². The lowest BCUT2D eigenvalue weighted by Gasteiger charge is -2.29. The maximum absolute atomic E-state index is 13.6. The standard InChI is InChI=1S/C17H18F2N4O.ClH/c18-13-2-1-12(15(19)10-13)9-17(24)22-16-4-3-14(11-21-16)23-7-5-20-6-8-23;/h1-4,10-11,20H,5-9H2,(H,21,22,24);1H. The van der Waals surface area contributed by atoms with E-state index >= 15 is 0 Å². The molecule has 0 atom stereocenters. The van der Waals surface area contributed by atoms with Crippen LogP contribution < -0.4 is 15.5 Å². The highest BCUT2D eigenvalue weighted by Crippen LogP contribution is 2.16. The SMILES string of the molecule is Cl.O=C(Cc1ccc(F)cc1F)Nc1ccc(N2CCNCC2)cn1. The molecule has 2 N–H and O–H groups in total. The summed E-state index contributed by atoms with van der Waals surface area (Å²) in [6, 6.07) is 6.78. The highest BCUT2D eigenvalue weighted by molar-refractivity contribution is 5.91. The van der Waals surface area contributed by atoms with Crippen LogP contribution in [-0.2, 0) is 11.2 Å². The number of piperazine rings is 1. The molecule has 0 saturated carbocycles. The van der Waals surface area contributed by atoms with Crippen molar-refractivity contribution >= 4 is 29.8 Å². The second kappa shape index (κ2) is 8.73. The number of nitrogens with one attached hydrogen (secondary N) is 2. The lowest BCUT2D eigenvalue weighted by molar-refractivity contribution is -0.115. The first-order valence-electron chi connectivity index (χ1n) is 7.77. The predicted molar refractivity (Wildman–Crippen MR) is 95.3 cm³/mol. The molecule has 25 heavy (non-hydrogen) atoms. The molecule has 0 unspecified atom stereocenters. The maximum atomic E-state index is 13.6. The second-order valence-corrected chi connectivity index (χ2v) is 5.60. The Bertz CT molecular complexity index is 721. The molecule has 0 aliphatic carbocycles. The van der Waals surface area contributed by atoms with Crippen molar-refractivity contribution < 1.29 is 13.6 Å². The molecule has 1 fully saturated rings. The Morgan fingerprint density at radius 1 is 1.20 bits per heavy atom. The molecule has 0 radical (unpaired) electrons. The summed E-state index contributed by atoms with van der Waals surface area (Å²) in [5.74, 6) is -1.39. The zero-order valence-electron chi connectivity index (χ0n) is 13.5. The van der Waals surface area contributed by atoms with Crippen molar-refractivity contribution in [1.82, 2.24) is 10.3 Å². The summed E-state index contributed by atoms with van der Waals surface area (Å²) < 4.78 is 26.4. The van der Waals surface area contributed by atoms with E-state index in [1.807, 2.05) is 6.07 Å². The van der Waals surface area contributed by atoms with Crippen LogP contribution in [0.15, 0.2) is 36.5 Å². The van der Waals surface area contributed by atoms with Crippen LogP contribution in [0.25, 0.3) is 0 Å². The highest BCUT2D eigenvalue weighted by atomic mass is 35.5. The van der Waals surface area contributed by atoms with Crippen LogP contribution in [0, 0.1) is 11.6 Å². The van der Waals surface area contributed by atoms with Crippen molar-refractivity contribution in [2.75, 3.05) is 36.4 Å². The van der Waals surface area contributed by atoms with E-state index in [9.17, 15) is 13.6 Å². The number of aromatic nitrogens is 1. The van der Waals surface area contributed by atoms with Gasteiger partial charge in [0.05, 0.1) is 18.3 Å². The van der Waals surface area contributed by atoms with Gasteiger partial charge in [-0.25, -0.2) is 13.8 Å². The van der Waals surface area contributed by atoms with Crippen LogP contribution in [0.3, 0.4) is 0 Å². The average Bonchev–Trinajstić information content (AvgIpc) is 2.59. The monoisotopic (exact) mass is 368 g/mol. The predicted octanol–water partition coefficient (Wildman–Crippen LogP) is 2.37. The molecule has 8 heteroatoms. The molecular weight excluding hydrogens is 350 g/mol. The Morgan fingerprint density at radius 2 is 1.96 bits per heavy atom. The van der Waals surface area contributed by atoms with Crippen LogP contribution in [0.5, 0.6) is 0 Å². The van der Waals surface area contributed by atoms with Crippen molar-refractivity contribution in [3.05, 3.63) is 53.7 Å². The third kappa shape index (κ3) is 5.11. The summed E-state index contributed by atoms with van der Waals surface area (Å²) in [6.45, 7) is 3.69. The van der Waals surface area contributed by atoms with Crippen LogP contribution in [0.1, 0.15) is 5.56 Å². The highest BCUT2D eigenvalue weighted by Gasteiger charge is 2.12. The van der Waals surface area contributed by atoms with Gasteiger partial charge in [-0.2, -0.15) is 0 Å². The summed E-state index contributed by atoms with van der Waals surface area (Å²) in [6.07, 6.45) is 1.53. The molecule has 1 aromatic heterocycles. The van der Waals surface area contributed by atoms with E-state index in [4.69, 9.17) is 0 Å². The summed E-state index contributed by atoms with van der Waals surface area (Å²) in [5, 5.41) is 5.90. The number of carbonyl (C=O) groups is 1. The first kappa shape index (κ1) is 19.1. The van der Waals surface area contributed by atoms with Gasteiger partial charge >= 0.3 is 0 Å². The fraction of sp³-hybridized carbons (Fsp3) is 0.294. The van der Waals surface area contributed by atoms with Crippen molar-refractivity contribution in [3.8, 4) is 0 Å². The largest absolute Gasteiger partial charge is 0.368 e. The summed E-state index contributed by atoms with van der Waals surface area (Å²) >= 11 is 0. The van der Waals surface area contributed by atoms with Gasteiger partial charge in [-0.15, -0.1) is 12.4 Å². The summed E-state index contributed by atoms with van der Waals surface area (Å²) in [4.78, 5) is 18.4. The Hall–Kier alpha value is -2.25. The first-order valence-corrected chi connectivity index (χ1v) is 7.77. The minimum absolute atomic E-state index is 0. The van der Waals surface area contributed by atoms with Crippen molar-refractivity contribution in [1.29, 1.82) is 0 Å². The number of hydrogen-bond acceptors (Lipinski definition) is 4. The van der Waals surface area contributed by atoms with Crippen molar-refractivity contribution in [2.24, 2.45) is 0 Å². The number of pyridine rings is 1. The van der Waals surface area contributed by atoms with Gasteiger partial charge in [0.15, 0.2) is 0 Å². The second-order valence-electron chi connectivity index (χ2n) is 5.60.